The number of nitrogens with one attached hydrogen (secondary N) is 2. The third-order valence-electron chi connectivity index (χ3n) is 2.71. The summed E-state index contributed by atoms with van der Waals surface area (Å²) in [7, 11) is 0. The number of aromatic amines is 1. The van der Waals surface area contributed by atoms with Crippen molar-refractivity contribution in [3.05, 3.63) is 40.0 Å². The molecule has 1 aromatic heterocycles. The van der Waals surface area contributed by atoms with Gasteiger partial charge in [-0.25, -0.2) is 9.37 Å². The van der Waals surface area contributed by atoms with E-state index in [0.29, 0.717) is 22.8 Å². The maximum Gasteiger partial charge on any atom is 0.142 e. The number of benzene rings is 1. The van der Waals surface area contributed by atoms with Crippen LogP contribution < -0.4 is 5.32 Å². The minimum Gasteiger partial charge on any atom is -0.341 e. The monoisotopic (exact) mass is 315 g/mol. The standard InChI is InChI=1S/C14H16Cl2FN3/c1-14(2,3)19-7-13-18-6-12(20-13)8-4-11(17)10(16)5-9(8)15/h4-6,19H,7H2,1-3H3,(H,18,20). The van der Waals surface area contributed by atoms with E-state index >= 15 is 0 Å². The number of H-pyrrole nitrogens is 1. The summed E-state index contributed by atoms with van der Waals surface area (Å²) in [6, 6.07) is 2.70. The van der Waals surface area contributed by atoms with E-state index in [2.05, 4.69) is 36.1 Å². The van der Waals surface area contributed by atoms with Crippen molar-refractivity contribution in [2.24, 2.45) is 0 Å². The van der Waals surface area contributed by atoms with Gasteiger partial charge in [0, 0.05) is 11.1 Å². The first-order chi connectivity index (χ1) is 9.26. The van der Waals surface area contributed by atoms with Gasteiger partial charge in [0.2, 0.25) is 0 Å². The van der Waals surface area contributed by atoms with Gasteiger partial charge < -0.3 is 10.3 Å². The smallest absolute Gasteiger partial charge is 0.142 e. The van der Waals surface area contributed by atoms with E-state index in [-0.39, 0.29) is 10.6 Å². The molecule has 0 aliphatic rings. The van der Waals surface area contributed by atoms with Gasteiger partial charge in [0.25, 0.3) is 0 Å². The molecule has 0 bridgehead atoms. The third-order valence-corrected chi connectivity index (χ3v) is 3.32. The third kappa shape index (κ3) is 3.72. The molecule has 108 valence electrons. The van der Waals surface area contributed by atoms with Crippen LogP contribution >= 0.6 is 23.2 Å². The van der Waals surface area contributed by atoms with Crippen molar-refractivity contribution in [3.63, 3.8) is 0 Å². The topological polar surface area (TPSA) is 40.7 Å². The van der Waals surface area contributed by atoms with E-state index < -0.39 is 5.82 Å². The average molecular weight is 316 g/mol. The Bertz CT molecular complexity index is 617. The van der Waals surface area contributed by atoms with E-state index in [9.17, 15) is 4.39 Å². The summed E-state index contributed by atoms with van der Waals surface area (Å²) >= 11 is 11.8. The predicted octanol–water partition coefficient (Wildman–Crippen LogP) is 4.41. The second kappa shape index (κ2) is 5.72. The maximum atomic E-state index is 13.5. The molecule has 2 rings (SSSR count). The molecule has 0 unspecified atom stereocenters. The molecule has 0 saturated carbocycles. The number of aromatic nitrogens is 2. The Morgan fingerprint density at radius 3 is 2.60 bits per heavy atom. The molecule has 1 aromatic carbocycles. The number of nitrogens with zero attached hydrogens (tertiary/aromatic N) is 1. The molecule has 2 aromatic rings. The first-order valence-corrected chi connectivity index (χ1v) is 6.96. The molecule has 1 heterocycles. The van der Waals surface area contributed by atoms with E-state index in [1.165, 1.54) is 12.1 Å². The molecular weight excluding hydrogens is 300 g/mol. The molecule has 0 atom stereocenters. The average Bonchev–Trinajstić information content (AvgIpc) is 2.79. The van der Waals surface area contributed by atoms with Crippen molar-refractivity contribution in [2.45, 2.75) is 32.9 Å². The summed E-state index contributed by atoms with van der Waals surface area (Å²) in [5.74, 6) is 0.261. The molecule has 0 spiro atoms. The predicted molar refractivity (Wildman–Crippen MR) is 80.6 cm³/mol. The fraction of sp³-hybridized carbons (Fsp3) is 0.357. The van der Waals surface area contributed by atoms with Gasteiger partial charge >= 0.3 is 0 Å². The van der Waals surface area contributed by atoms with Crippen LogP contribution in [0.3, 0.4) is 0 Å². The summed E-state index contributed by atoms with van der Waals surface area (Å²) in [6.45, 7) is 6.81. The largest absolute Gasteiger partial charge is 0.341 e. The van der Waals surface area contributed by atoms with Crippen molar-refractivity contribution in [1.82, 2.24) is 15.3 Å². The number of rotatable bonds is 3. The molecule has 0 radical (unpaired) electrons. The summed E-state index contributed by atoms with van der Waals surface area (Å²) < 4.78 is 13.5. The maximum absolute atomic E-state index is 13.5. The first kappa shape index (κ1) is 15.3. The molecule has 3 nitrogen and oxygen atoms in total. The summed E-state index contributed by atoms with van der Waals surface area (Å²) in [4.78, 5) is 7.38. The Kier molecular flexibility index (Phi) is 4.37. The van der Waals surface area contributed by atoms with Crippen LogP contribution in [0.5, 0.6) is 0 Å². The van der Waals surface area contributed by atoms with Crippen molar-refractivity contribution >= 4 is 23.2 Å². The first-order valence-electron chi connectivity index (χ1n) is 6.20. The highest BCUT2D eigenvalue weighted by molar-refractivity contribution is 6.36. The van der Waals surface area contributed by atoms with Crippen molar-refractivity contribution < 1.29 is 4.39 Å². The zero-order chi connectivity index (χ0) is 14.9. The fourth-order valence-electron chi connectivity index (χ4n) is 1.67. The normalized spacial score (nSPS) is 11.9. The molecular formula is C14H16Cl2FN3. The lowest BCUT2D eigenvalue weighted by Crippen LogP contribution is -2.35. The van der Waals surface area contributed by atoms with Crippen molar-refractivity contribution in [3.8, 4) is 11.3 Å². The highest BCUT2D eigenvalue weighted by Gasteiger charge is 2.13. The van der Waals surface area contributed by atoms with Gasteiger partial charge in [0.1, 0.15) is 11.6 Å². The van der Waals surface area contributed by atoms with E-state index in [4.69, 9.17) is 23.2 Å². The highest BCUT2D eigenvalue weighted by Crippen LogP contribution is 2.31. The van der Waals surface area contributed by atoms with Crippen LogP contribution in [-0.2, 0) is 6.54 Å². The number of halogens is 3. The zero-order valence-corrected chi connectivity index (χ0v) is 13.0. The van der Waals surface area contributed by atoms with E-state index in [1.807, 2.05) is 0 Å². The van der Waals surface area contributed by atoms with Crippen LogP contribution in [-0.4, -0.2) is 15.5 Å². The molecule has 0 saturated heterocycles. The van der Waals surface area contributed by atoms with Crippen LogP contribution in [0.2, 0.25) is 10.0 Å². The molecule has 0 aliphatic carbocycles. The summed E-state index contributed by atoms with van der Waals surface area (Å²) in [5.41, 5.74) is 1.20. The summed E-state index contributed by atoms with van der Waals surface area (Å²) in [5, 5.41) is 3.71. The second-order valence-electron chi connectivity index (χ2n) is 5.59. The Balaban J connectivity index is 2.23. The molecule has 0 amide bonds. The van der Waals surface area contributed by atoms with Gasteiger partial charge in [-0.3, -0.25) is 0 Å². The molecule has 0 fully saturated rings. The van der Waals surface area contributed by atoms with Crippen LogP contribution in [0.25, 0.3) is 11.3 Å². The van der Waals surface area contributed by atoms with Crippen LogP contribution in [0.15, 0.2) is 18.3 Å². The van der Waals surface area contributed by atoms with Gasteiger partial charge in [-0.1, -0.05) is 23.2 Å². The number of hydrogen-bond donors (Lipinski definition) is 2. The van der Waals surface area contributed by atoms with Gasteiger partial charge in [-0.15, -0.1) is 0 Å². The lowest BCUT2D eigenvalue weighted by atomic mass is 10.1. The molecule has 0 aliphatic heterocycles. The van der Waals surface area contributed by atoms with Crippen LogP contribution in [0.1, 0.15) is 26.6 Å². The minimum atomic E-state index is -0.505. The Morgan fingerprint density at radius 1 is 1.25 bits per heavy atom. The molecule has 2 N–H and O–H groups in total. The van der Waals surface area contributed by atoms with Gasteiger partial charge in [0.15, 0.2) is 0 Å². The minimum absolute atomic E-state index is 0.00300. The van der Waals surface area contributed by atoms with E-state index in [1.54, 1.807) is 6.20 Å². The molecule has 20 heavy (non-hydrogen) atoms. The van der Waals surface area contributed by atoms with Gasteiger partial charge in [-0.05, 0) is 32.9 Å². The number of imidazole rings is 1. The Labute approximate surface area is 127 Å². The quantitative estimate of drug-likeness (QED) is 0.824. The van der Waals surface area contributed by atoms with Gasteiger partial charge in [0.05, 0.1) is 28.5 Å². The van der Waals surface area contributed by atoms with Crippen molar-refractivity contribution in [2.75, 3.05) is 0 Å². The zero-order valence-electron chi connectivity index (χ0n) is 11.5. The second-order valence-corrected chi connectivity index (χ2v) is 6.41. The highest BCUT2D eigenvalue weighted by atomic mass is 35.5. The van der Waals surface area contributed by atoms with Crippen LogP contribution in [0, 0.1) is 5.82 Å². The fourth-order valence-corrected chi connectivity index (χ4v) is 2.15. The number of hydrogen-bond acceptors (Lipinski definition) is 2. The summed E-state index contributed by atoms with van der Waals surface area (Å²) in [6.07, 6.45) is 1.63. The molecule has 6 heteroatoms. The van der Waals surface area contributed by atoms with Gasteiger partial charge in [-0.2, -0.15) is 0 Å². The van der Waals surface area contributed by atoms with Crippen molar-refractivity contribution in [1.29, 1.82) is 0 Å². The lowest BCUT2D eigenvalue weighted by Gasteiger charge is -2.19. The Morgan fingerprint density at radius 2 is 1.95 bits per heavy atom. The van der Waals surface area contributed by atoms with Crippen LogP contribution in [0.4, 0.5) is 4.39 Å². The van der Waals surface area contributed by atoms with E-state index in [0.717, 1.165) is 5.82 Å². The SMILES string of the molecule is CC(C)(C)NCc1ncc(-c2cc(F)c(Cl)cc2Cl)[nH]1. The Hall–Kier alpha value is -1.10. The lowest BCUT2D eigenvalue weighted by molar-refractivity contribution is 0.418.